The lowest BCUT2D eigenvalue weighted by molar-refractivity contribution is 0.0902. The molecule has 0 saturated carbocycles. The highest BCUT2D eigenvalue weighted by molar-refractivity contribution is 7.71. The number of aromatic amines is 1. The highest BCUT2D eigenvalue weighted by atomic mass is 32.1. The number of halogens is 1. The van der Waals surface area contributed by atoms with E-state index in [4.69, 9.17) is 12.2 Å². The number of nitrogens with one attached hydrogen (secondary N) is 2. The third-order valence-corrected chi connectivity index (χ3v) is 5.08. The van der Waals surface area contributed by atoms with Crippen LogP contribution in [0, 0.1) is 16.0 Å². The van der Waals surface area contributed by atoms with Crippen molar-refractivity contribution in [2.75, 3.05) is 0 Å². The van der Waals surface area contributed by atoms with Crippen molar-refractivity contribution in [2.24, 2.45) is 12.5 Å². The zero-order chi connectivity index (χ0) is 20.6. The van der Waals surface area contributed by atoms with Crippen molar-refractivity contribution in [2.45, 2.75) is 26.8 Å². The number of amides is 1. The Hall–Kier alpha value is -2.80. The van der Waals surface area contributed by atoms with Gasteiger partial charge in [-0.3, -0.25) is 14.2 Å². The number of nitrogens with zero attached hydrogens (tertiary/aromatic N) is 1. The van der Waals surface area contributed by atoms with Gasteiger partial charge in [0.15, 0.2) is 4.77 Å². The van der Waals surface area contributed by atoms with Gasteiger partial charge in [-0.15, -0.1) is 0 Å². The topological polar surface area (TPSA) is 66.9 Å². The number of H-pyrrole nitrogens is 1. The molecule has 0 bridgehead atoms. The second-order valence-electron chi connectivity index (χ2n) is 7.88. The van der Waals surface area contributed by atoms with Crippen molar-refractivity contribution >= 4 is 29.0 Å². The molecule has 3 aromatic rings. The number of rotatable bonds is 3. The van der Waals surface area contributed by atoms with E-state index in [-0.39, 0.29) is 33.5 Å². The Morgan fingerprint density at radius 1 is 1.18 bits per heavy atom. The lowest BCUT2D eigenvalue weighted by atomic mass is 9.82. The van der Waals surface area contributed by atoms with Gasteiger partial charge in [-0.2, -0.15) is 0 Å². The molecule has 1 heterocycles. The van der Waals surface area contributed by atoms with Gasteiger partial charge in [0.1, 0.15) is 5.82 Å². The van der Waals surface area contributed by atoms with Crippen molar-refractivity contribution < 1.29 is 9.18 Å². The summed E-state index contributed by atoms with van der Waals surface area (Å²) in [5.41, 5.74) is 1.22. The molecule has 0 fully saturated rings. The second-order valence-corrected chi connectivity index (χ2v) is 8.27. The molecule has 0 saturated heterocycles. The number of carbonyl (C=O) groups excluding carboxylic acids is 1. The minimum Gasteiger partial charge on any atom is -0.345 e. The molecule has 0 spiro atoms. The monoisotopic (exact) mass is 399 g/mol. The number of aromatic nitrogens is 2. The van der Waals surface area contributed by atoms with Crippen LogP contribution in [0.5, 0.6) is 0 Å². The van der Waals surface area contributed by atoms with Gasteiger partial charge in [-0.05, 0) is 53.5 Å². The Bertz CT molecular complexity index is 1160. The third kappa shape index (κ3) is 3.89. The molecule has 146 valence electrons. The Labute approximate surface area is 167 Å². The summed E-state index contributed by atoms with van der Waals surface area (Å²) in [4.78, 5) is 28.2. The standard InChI is InChI=1S/C21H22FN3O2S/c1-21(2,3)17(12-5-8-14(22)9-6-12)24-18(26)13-7-10-15-16(11-13)23-20(28)25(4)19(15)27/h5-11,17H,1-4H3,(H,23,28)(H,24,26). The molecule has 2 aromatic carbocycles. The molecule has 1 amide bonds. The fourth-order valence-electron chi connectivity index (χ4n) is 3.12. The molecule has 28 heavy (non-hydrogen) atoms. The Balaban J connectivity index is 1.98. The molecule has 7 heteroatoms. The van der Waals surface area contributed by atoms with Crippen LogP contribution in [0.2, 0.25) is 0 Å². The van der Waals surface area contributed by atoms with Crippen molar-refractivity contribution in [3.05, 3.63) is 74.5 Å². The SMILES string of the molecule is Cn1c(=S)[nH]c2cc(C(=O)NC(c3ccc(F)cc3)C(C)(C)C)ccc2c1=O. The molecule has 0 aliphatic carbocycles. The lowest BCUT2D eigenvalue weighted by Crippen LogP contribution is -2.36. The van der Waals surface area contributed by atoms with Gasteiger partial charge >= 0.3 is 0 Å². The molecule has 0 aliphatic heterocycles. The highest BCUT2D eigenvalue weighted by Crippen LogP contribution is 2.33. The molecular formula is C21H22FN3O2S. The van der Waals surface area contributed by atoms with Crippen LogP contribution >= 0.6 is 12.2 Å². The van der Waals surface area contributed by atoms with Crippen molar-refractivity contribution in [1.29, 1.82) is 0 Å². The van der Waals surface area contributed by atoms with Gasteiger partial charge in [0.2, 0.25) is 0 Å². The fourth-order valence-corrected chi connectivity index (χ4v) is 3.31. The Morgan fingerprint density at radius 2 is 1.82 bits per heavy atom. The van der Waals surface area contributed by atoms with Crippen molar-refractivity contribution in [3.8, 4) is 0 Å². The van der Waals surface area contributed by atoms with Crippen molar-refractivity contribution in [1.82, 2.24) is 14.9 Å². The highest BCUT2D eigenvalue weighted by Gasteiger charge is 2.28. The maximum Gasteiger partial charge on any atom is 0.261 e. The first-order valence-electron chi connectivity index (χ1n) is 8.87. The minimum atomic E-state index is -0.325. The summed E-state index contributed by atoms with van der Waals surface area (Å²) < 4.78 is 14.9. The summed E-state index contributed by atoms with van der Waals surface area (Å²) in [6.07, 6.45) is 0. The lowest BCUT2D eigenvalue weighted by Gasteiger charge is -2.32. The van der Waals surface area contributed by atoms with Crippen LogP contribution < -0.4 is 10.9 Å². The van der Waals surface area contributed by atoms with E-state index in [0.29, 0.717) is 16.5 Å². The summed E-state index contributed by atoms with van der Waals surface area (Å²) in [7, 11) is 1.60. The smallest absolute Gasteiger partial charge is 0.261 e. The Kier molecular flexibility index (Phi) is 5.21. The molecule has 0 aliphatic rings. The van der Waals surface area contributed by atoms with Gasteiger partial charge in [0.05, 0.1) is 16.9 Å². The Morgan fingerprint density at radius 3 is 2.43 bits per heavy atom. The van der Waals surface area contributed by atoms with Crippen LogP contribution in [-0.2, 0) is 7.05 Å². The molecule has 2 N–H and O–H groups in total. The predicted octanol–water partition coefficient (Wildman–Crippen LogP) is 4.25. The number of hydrogen-bond donors (Lipinski definition) is 2. The van der Waals surface area contributed by atoms with E-state index >= 15 is 0 Å². The first-order chi connectivity index (χ1) is 13.1. The number of hydrogen-bond acceptors (Lipinski definition) is 3. The van der Waals surface area contributed by atoms with E-state index < -0.39 is 0 Å². The van der Waals surface area contributed by atoms with E-state index in [1.165, 1.54) is 16.7 Å². The molecule has 1 atom stereocenters. The predicted molar refractivity (Wildman–Crippen MR) is 110 cm³/mol. The normalized spacial score (nSPS) is 12.8. The summed E-state index contributed by atoms with van der Waals surface area (Å²) in [5, 5.41) is 3.49. The summed E-state index contributed by atoms with van der Waals surface area (Å²) in [6.45, 7) is 6.01. The largest absolute Gasteiger partial charge is 0.345 e. The van der Waals surface area contributed by atoms with Gasteiger partial charge in [0, 0.05) is 12.6 Å². The number of benzene rings is 2. The second kappa shape index (κ2) is 7.31. The van der Waals surface area contributed by atoms with Gasteiger partial charge < -0.3 is 10.3 Å². The van der Waals surface area contributed by atoms with Crippen LogP contribution in [0.4, 0.5) is 4.39 Å². The average molecular weight is 399 g/mol. The molecule has 1 aromatic heterocycles. The van der Waals surface area contributed by atoms with Crippen LogP contribution in [0.15, 0.2) is 47.3 Å². The van der Waals surface area contributed by atoms with Gasteiger partial charge in [-0.1, -0.05) is 32.9 Å². The quantitative estimate of drug-likeness (QED) is 0.647. The maximum atomic E-state index is 13.3. The first-order valence-corrected chi connectivity index (χ1v) is 9.28. The molecule has 1 unspecified atom stereocenters. The molecular weight excluding hydrogens is 377 g/mol. The van der Waals surface area contributed by atoms with Gasteiger partial charge in [0.25, 0.3) is 11.5 Å². The van der Waals surface area contributed by atoms with Gasteiger partial charge in [-0.25, -0.2) is 4.39 Å². The van der Waals surface area contributed by atoms with Crippen LogP contribution in [0.3, 0.4) is 0 Å². The zero-order valence-electron chi connectivity index (χ0n) is 16.2. The minimum absolute atomic E-state index is 0.218. The van der Waals surface area contributed by atoms with Crippen LogP contribution in [0.25, 0.3) is 10.9 Å². The van der Waals surface area contributed by atoms with E-state index in [9.17, 15) is 14.0 Å². The summed E-state index contributed by atoms with van der Waals surface area (Å²) in [6, 6.07) is 10.6. The van der Waals surface area contributed by atoms with E-state index in [1.807, 2.05) is 20.8 Å². The van der Waals surface area contributed by atoms with E-state index in [2.05, 4.69) is 10.3 Å². The maximum absolute atomic E-state index is 13.3. The summed E-state index contributed by atoms with van der Waals surface area (Å²) in [5.74, 6) is -0.611. The fraction of sp³-hybridized carbons (Fsp3) is 0.286. The number of fused-ring (bicyclic) bond motifs is 1. The number of carbonyl (C=O) groups is 1. The van der Waals surface area contributed by atoms with Crippen LogP contribution in [0.1, 0.15) is 42.7 Å². The van der Waals surface area contributed by atoms with E-state index in [1.54, 1.807) is 37.4 Å². The molecule has 0 radical (unpaired) electrons. The van der Waals surface area contributed by atoms with Crippen LogP contribution in [-0.4, -0.2) is 15.5 Å². The molecule has 5 nitrogen and oxygen atoms in total. The first kappa shape index (κ1) is 19.9. The average Bonchev–Trinajstić information content (AvgIpc) is 2.63. The molecule has 3 rings (SSSR count). The summed E-state index contributed by atoms with van der Waals surface area (Å²) >= 11 is 5.15. The third-order valence-electron chi connectivity index (χ3n) is 4.71. The zero-order valence-corrected chi connectivity index (χ0v) is 17.0. The van der Waals surface area contributed by atoms with E-state index in [0.717, 1.165) is 5.56 Å². The van der Waals surface area contributed by atoms with Crippen molar-refractivity contribution in [3.63, 3.8) is 0 Å².